The molecule has 1 heterocycles. The molecule has 5 N–H and O–H groups in total. The predicted octanol–water partition coefficient (Wildman–Crippen LogP) is 2.90. The predicted molar refractivity (Wildman–Crippen MR) is 140 cm³/mol. The van der Waals surface area contributed by atoms with Gasteiger partial charge in [0.05, 0.1) is 0 Å². The molecule has 0 aromatic heterocycles. The summed E-state index contributed by atoms with van der Waals surface area (Å²) in [6.07, 6.45) is 0.969. The van der Waals surface area contributed by atoms with E-state index >= 15 is 0 Å². The molecule has 1 aliphatic rings. The van der Waals surface area contributed by atoms with Gasteiger partial charge >= 0.3 is 33.3 Å². The Morgan fingerprint density at radius 3 is 2.18 bits per heavy atom. The molecule has 2 aromatic carbocycles. The van der Waals surface area contributed by atoms with Crippen molar-refractivity contribution in [2.75, 3.05) is 52.4 Å². The van der Waals surface area contributed by atoms with Crippen LogP contribution in [-0.4, -0.2) is 64.4 Å². The van der Waals surface area contributed by atoms with Gasteiger partial charge in [0, 0.05) is 64.4 Å². The number of hydrogen-bond acceptors (Lipinski definition) is 6. The fraction of sp³-hybridized carbons (Fsp3) is 0.520. The molecule has 2 aromatic rings. The van der Waals surface area contributed by atoms with Crippen LogP contribution in [-0.2, 0) is 26.2 Å². The summed E-state index contributed by atoms with van der Waals surface area (Å²) >= 11 is 0.00694. The molecule has 3 rings (SSSR count). The van der Waals surface area contributed by atoms with Crippen molar-refractivity contribution in [1.29, 1.82) is 0 Å². The fourth-order valence-corrected chi connectivity index (χ4v) is 3.71. The van der Waals surface area contributed by atoms with E-state index in [0.29, 0.717) is 18.7 Å². The van der Waals surface area contributed by atoms with E-state index in [9.17, 15) is 0 Å². The van der Waals surface area contributed by atoms with E-state index in [2.05, 4.69) is 63.8 Å². The van der Waals surface area contributed by atoms with Crippen LogP contribution >= 0.6 is 20.2 Å². The van der Waals surface area contributed by atoms with Crippen molar-refractivity contribution in [3.8, 4) is 5.75 Å². The number of ether oxygens (including phenoxy) is 1. The number of benzene rings is 2. The van der Waals surface area contributed by atoms with Crippen LogP contribution in [0.1, 0.15) is 18.1 Å². The maximum absolute atomic E-state index is 6.03. The summed E-state index contributed by atoms with van der Waals surface area (Å²) in [6.45, 7) is 10.7. The quantitative estimate of drug-likeness (QED) is 0.369. The van der Waals surface area contributed by atoms with E-state index in [1.54, 1.807) is 0 Å². The molecule has 1 fully saturated rings. The molecular formula is C25H39Cl2MnN5O. The van der Waals surface area contributed by atoms with Gasteiger partial charge in [0.1, 0.15) is 12.4 Å². The molecule has 1 aliphatic heterocycles. The molecule has 9 heteroatoms. The second kappa shape index (κ2) is 19.3. The Bertz CT molecular complexity index is 759. The van der Waals surface area contributed by atoms with Gasteiger partial charge in [-0.1, -0.05) is 42.5 Å². The summed E-state index contributed by atoms with van der Waals surface area (Å²) in [5.74, 6) is 0.929. The van der Waals surface area contributed by atoms with Crippen LogP contribution in [0.5, 0.6) is 5.75 Å². The van der Waals surface area contributed by atoms with Crippen molar-refractivity contribution >= 4 is 20.2 Å². The van der Waals surface area contributed by atoms with Crippen molar-refractivity contribution in [3.05, 3.63) is 65.7 Å². The molecule has 0 aliphatic carbocycles. The first-order valence-electron chi connectivity index (χ1n) is 11.9. The average Bonchev–Trinajstić information content (AvgIpc) is 2.86. The molecular weight excluding hydrogens is 512 g/mol. The summed E-state index contributed by atoms with van der Waals surface area (Å²) in [5, 5.41) is 17.9. The third-order valence-electron chi connectivity index (χ3n) is 5.48. The minimum atomic E-state index is 0.00694. The molecule has 34 heavy (non-hydrogen) atoms. The maximum atomic E-state index is 6.03. The first-order chi connectivity index (χ1) is 16.7. The van der Waals surface area contributed by atoms with Crippen molar-refractivity contribution in [3.63, 3.8) is 0 Å². The molecule has 0 amide bonds. The van der Waals surface area contributed by atoms with E-state index in [1.807, 2.05) is 24.3 Å². The van der Waals surface area contributed by atoms with Crippen molar-refractivity contribution in [2.45, 2.75) is 32.0 Å². The standard InChI is InChI=1S/C25H39N5O.2ClH.Mn/c1-21-18-28-13-12-26-10-11-27-14-15-29-24(19-30-21)16-23-8-5-9-25(17-23)31-20-22-6-3-2-4-7-22;;;/h2-9,17,21,24,26-30H,10-16,18-20H2,1H3;2*1H;/q;;;+2/p-2/t21-,24?;;;/m1.../s1. The number of nitrogens with one attached hydrogen (secondary N) is 5. The Morgan fingerprint density at radius 1 is 0.794 bits per heavy atom. The van der Waals surface area contributed by atoms with Gasteiger partial charge in [-0.2, -0.15) is 0 Å². The Hall–Kier alpha value is -0.861. The molecule has 1 unspecified atom stereocenters. The van der Waals surface area contributed by atoms with Gasteiger partial charge in [-0.15, -0.1) is 0 Å². The molecule has 6 nitrogen and oxygen atoms in total. The molecule has 0 bridgehead atoms. The molecule has 191 valence electrons. The zero-order chi connectivity index (χ0) is 24.3. The number of halogens is 2. The van der Waals surface area contributed by atoms with E-state index in [0.717, 1.165) is 64.5 Å². The summed E-state index contributed by atoms with van der Waals surface area (Å²) in [7, 11) is 9.59. The molecule has 0 saturated carbocycles. The Morgan fingerprint density at radius 2 is 1.44 bits per heavy atom. The monoisotopic (exact) mass is 550 g/mol. The van der Waals surface area contributed by atoms with E-state index < -0.39 is 0 Å². The third-order valence-corrected chi connectivity index (χ3v) is 5.48. The average molecular weight is 551 g/mol. The molecule has 0 spiro atoms. The van der Waals surface area contributed by atoms with Gasteiger partial charge in [-0.05, 0) is 36.6 Å². The number of rotatable bonds is 5. The van der Waals surface area contributed by atoms with E-state index in [4.69, 9.17) is 24.9 Å². The van der Waals surface area contributed by atoms with Crippen LogP contribution in [0.15, 0.2) is 54.6 Å². The normalized spacial score (nSPS) is 20.8. The van der Waals surface area contributed by atoms with Crippen molar-refractivity contribution < 1.29 is 17.9 Å². The Balaban J connectivity index is 0.00000129. The molecule has 2 atom stereocenters. The van der Waals surface area contributed by atoms with Gasteiger partial charge in [-0.3, -0.25) is 0 Å². The van der Waals surface area contributed by atoms with Crippen LogP contribution < -0.4 is 31.3 Å². The van der Waals surface area contributed by atoms with E-state index in [-0.39, 0.29) is 13.1 Å². The van der Waals surface area contributed by atoms with Gasteiger partial charge in [-0.25, -0.2) is 0 Å². The second-order valence-corrected chi connectivity index (χ2v) is 10.3. The second-order valence-electron chi connectivity index (χ2n) is 8.34. The SMILES string of the molecule is C[C@@H]1CNCCNCCNCCNC(Cc2cccc(OCc3ccccc3)c2)CN1.[Cl][Mn][Cl]. The van der Waals surface area contributed by atoms with Gasteiger partial charge in [0.2, 0.25) is 0 Å². The summed E-state index contributed by atoms with van der Waals surface area (Å²) in [4.78, 5) is 0. The summed E-state index contributed by atoms with van der Waals surface area (Å²) in [5.41, 5.74) is 2.48. The van der Waals surface area contributed by atoms with E-state index in [1.165, 1.54) is 11.1 Å². The Labute approximate surface area is 219 Å². The summed E-state index contributed by atoms with van der Waals surface area (Å²) in [6, 6.07) is 19.6. The van der Waals surface area contributed by atoms with Crippen LogP contribution in [0.3, 0.4) is 0 Å². The van der Waals surface area contributed by atoms with Gasteiger partial charge < -0.3 is 31.3 Å². The third kappa shape index (κ3) is 13.9. The van der Waals surface area contributed by atoms with Crippen molar-refractivity contribution in [1.82, 2.24) is 26.6 Å². The van der Waals surface area contributed by atoms with Crippen LogP contribution in [0.25, 0.3) is 0 Å². The fourth-order valence-electron chi connectivity index (χ4n) is 3.71. The van der Waals surface area contributed by atoms with Gasteiger partial charge in [0.15, 0.2) is 0 Å². The van der Waals surface area contributed by atoms with Crippen molar-refractivity contribution in [2.24, 2.45) is 0 Å². The summed E-state index contributed by atoms with van der Waals surface area (Å²) < 4.78 is 6.03. The first kappa shape index (κ1) is 29.4. The zero-order valence-electron chi connectivity index (χ0n) is 20.0. The zero-order valence-corrected chi connectivity index (χ0v) is 22.7. The molecule has 0 radical (unpaired) electrons. The Kier molecular flexibility index (Phi) is 16.7. The first-order valence-corrected chi connectivity index (χ1v) is 15.2. The number of hydrogen-bond donors (Lipinski definition) is 5. The van der Waals surface area contributed by atoms with Crippen LogP contribution in [0.4, 0.5) is 0 Å². The van der Waals surface area contributed by atoms with Gasteiger partial charge in [0.25, 0.3) is 0 Å². The van der Waals surface area contributed by atoms with Crippen LogP contribution in [0.2, 0.25) is 0 Å². The topological polar surface area (TPSA) is 69.4 Å². The molecule has 1 saturated heterocycles. The van der Waals surface area contributed by atoms with Crippen LogP contribution in [0, 0.1) is 0 Å². The minimum absolute atomic E-state index is 0.00694.